The van der Waals surface area contributed by atoms with Gasteiger partial charge in [0.15, 0.2) is 6.54 Å². The lowest BCUT2D eigenvalue weighted by Gasteiger charge is -2.30. The Morgan fingerprint density at radius 1 is 1.32 bits per heavy atom. The van der Waals surface area contributed by atoms with E-state index in [-0.39, 0.29) is 11.9 Å². The van der Waals surface area contributed by atoms with Gasteiger partial charge in [-0.05, 0) is 26.8 Å². The van der Waals surface area contributed by atoms with Crippen LogP contribution in [0.4, 0.5) is 0 Å². The van der Waals surface area contributed by atoms with Gasteiger partial charge in [-0.2, -0.15) is 0 Å². The summed E-state index contributed by atoms with van der Waals surface area (Å²) >= 11 is 0. The minimum absolute atomic E-state index is 0.169. The first-order valence-electron chi connectivity index (χ1n) is 6.50. The second kappa shape index (κ2) is 7.28. The van der Waals surface area contributed by atoms with E-state index in [0.717, 1.165) is 13.0 Å². The van der Waals surface area contributed by atoms with Crippen LogP contribution in [0.25, 0.3) is 0 Å². The van der Waals surface area contributed by atoms with Crippen LogP contribution in [0, 0.1) is 0 Å². The van der Waals surface area contributed by atoms with Gasteiger partial charge in [0.2, 0.25) is 5.91 Å². The van der Waals surface area contributed by atoms with E-state index in [1.165, 1.54) is 6.08 Å². The van der Waals surface area contributed by atoms with Crippen LogP contribution in [0.2, 0.25) is 0 Å². The molecule has 0 aromatic heterocycles. The minimum atomic E-state index is -0.449. The molecule has 19 heavy (non-hydrogen) atoms. The van der Waals surface area contributed by atoms with Gasteiger partial charge < -0.3 is 14.5 Å². The van der Waals surface area contributed by atoms with Crippen LogP contribution < -0.4 is 5.32 Å². The molecular weight excluding hydrogens is 244 g/mol. The van der Waals surface area contributed by atoms with Gasteiger partial charge in [0, 0.05) is 13.0 Å². The van der Waals surface area contributed by atoms with E-state index in [1.54, 1.807) is 0 Å². The van der Waals surface area contributed by atoms with E-state index in [4.69, 9.17) is 4.74 Å². The third-order valence-electron chi connectivity index (χ3n) is 2.40. The van der Waals surface area contributed by atoms with Gasteiger partial charge in [-0.3, -0.25) is 4.79 Å². The van der Waals surface area contributed by atoms with Crippen molar-refractivity contribution in [3.05, 3.63) is 12.7 Å². The first kappa shape index (κ1) is 17.6. The van der Waals surface area contributed by atoms with Crippen molar-refractivity contribution in [1.82, 2.24) is 5.32 Å². The summed E-state index contributed by atoms with van der Waals surface area (Å²) in [6.45, 7) is 10.7. The first-order valence-corrected chi connectivity index (χ1v) is 6.50. The van der Waals surface area contributed by atoms with Gasteiger partial charge in [0.1, 0.15) is 5.60 Å². The van der Waals surface area contributed by atoms with Crippen molar-refractivity contribution >= 4 is 11.9 Å². The topological polar surface area (TPSA) is 55.4 Å². The number of hydrogen-bond acceptors (Lipinski definition) is 3. The van der Waals surface area contributed by atoms with E-state index in [9.17, 15) is 9.59 Å². The van der Waals surface area contributed by atoms with E-state index in [2.05, 4.69) is 11.9 Å². The van der Waals surface area contributed by atoms with Crippen LogP contribution in [0.5, 0.6) is 0 Å². The van der Waals surface area contributed by atoms with Crippen LogP contribution in [-0.4, -0.2) is 55.7 Å². The number of carbonyl (C=O) groups is 2. The second-order valence-corrected chi connectivity index (χ2v) is 6.25. The smallest absolute Gasteiger partial charge is 0.362 e. The largest absolute Gasteiger partial charge is 0.456 e. The number of amides is 1. The van der Waals surface area contributed by atoms with E-state index in [0.29, 0.717) is 17.6 Å². The molecule has 0 fully saturated rings. The predicted molar refractivity (Wildman–Crippen MR) is 75.5 cm³/mol. The Hall–Kier alpha value is -1.36. The molecule has 5 heteroatoms. The molecule has 0 aromatic carbocycles. The zero-order valence-corrected chi connectivity index (χ0v) is 12.8. The molecule has 0 saturated carbocycles. The average molecular weight is 271 g/mol. The number of nitrogens with zero attached hydrogens (tertiary/aromatic N) is 1. The lowest BCUT2D eigenvalue weighted by Crippen LogP contribution is -2.47. The first-order chi connectivity index (χ1) is 8.56. The highest BCUT2D eigenvalue weighted by Gasteiger charge is 2.24. The molecule has 0 aliphatic rings. The molecule has 0 radical (unpaired) electrons. The summed E-state index contributed by atoms with van der Waals surface area (Å²) in [6, 6.07) is 0. The van der Waals surface area contributed by atoms with Crippen LogP contribution in [0.15, 0.2) is 12.7 Å². The Morgan fingerprint density at radius 3 is 2.37 bits per heavy atom. The van der Waals surface area contributed by atoms with Crippen LogP contribution in [-0.2, 0) is 14.3 Å². The number of quaternary nitrogens is 1. The fourth-order valence-corrected chi connectivity index (χ4v) is 1.59. The Labute approximate surface area is 116 Å². The van der Waals surface area contributed by atoms with Crippen molar-refractivity contribution in [3.63, 3.8) is 0 Å². The normalized spacial score (nSPS) is 11.8. The summed E-state index contributed by atoms with van der Waals surface area (Å²) in [6.07, 6.45) is 2.05. The summed E-state index contributed by atoms with van der Waals surface area (Å²) < 4.78 is 5.84. The summed E-state index contributed by atoms with van der Waals surface area (Å²) in [4.78, 5) is 22.7. The fourth-order valence-electron chi connectivity index (χ4n) is 1.59. The van der Waals surface area contributed by atoms with Crippen molar-refractivity contribution < 1.29 is 18.8 Å². The molecule has 0 aromatic rings. The minimum Gasteiger partial charge on any atom is -0.456 e. The molecule has 110 valence electrons. The molecule has 1 N–H and O–H groups in total. The number of esters is 1. The van der Waals surface area contributed by atoms with Gasteiger partial charge in [0.05, 0.1) is 20.6 Å². The van der Waals surface area contributed by atoms with Crippen molar-refractivity contribution in [2.75, 3.05) is 33.7 Å². The fraction of sp³-hybridized carbons (Fsp3) is 0.714. The van der Waals surface area contributed by atoms with Gasteiger partial charge >= 0.3 is 5.97 Å². The third-order valence-corrected chi connectivity index (χ3v) is 2.40. The Bertz CT molecular complexity index is 330. The van der Waals surface area contributed by atoms with Gasteiger partial charge in [-0.25, -0.2) is 4.79 Å². The standard InChI is InChI=1S/C14H26N2O3/c1-7-12(17)15-9-8-10-16(5,6)11-13(18)19-14(2,3)4/h7H,1,8-11H2,2-6H3/p+1. The molecule has 0 atom stereocenters. The van der Waals surface area contributed by atoms with Gasteiger partial charge in [-0.15, -0.1) is 0 Å². The molecule has 1 amide bonds. The molecular formula is C14H27N2O3+. The molecule has 0 saturated heterocycles. The van der Waals surface area contributed by atoms with E-state index in [1.807, 2.05) is 34.9 Å². The lowest BCUT2D eigenvalue weighted by molar-refractivity contribution is -0.883. The second-order valence-electron chi connectivity index (χ2n) is 6.25. The third kappa shape index (κ3) is 10.3. The number of likely N-dealkylation sites (N-methyl/N-ethyl adjacent to an activating group) is 1. The number of hydrogen-bond donors (Lipinski definition) is 1. The Balaban J connectivity index is 4.01. The number of rotatable bonds is 7. The summed E-state index contributed by atoms with van der Waals surface area (Å²) in [5, 5.41) is 2.71. The lowest BCUT2D eigenvalue weighted by atomic mass is 10.2. The molecule has 0 spiro atoms. The highest BCUT2D eigenvalue weighted by Crippen LogP contribution is 2.09. The molecule has 5 nitrogen and oxygen atoms in total. The van der Waals surface area contributed by atoms with Crippen LogP contribution in [0.1, 0.15) is 27.2 Å². The quantitative estimate of drug-likeness (QED) is 0.326. The number of nitrogens with one attached hydrogen (secondary N) is 1. The zero-order valence-electron chi connectivity index (χ0n) is 12.8. The zero-order chi connectivity index (χ0) is 15.1. The summed E-state index contributed by atoms with van der Waals surface area (Å²) in [5.41, 5.74) is -0.449. The van der Waals surface area contributed by atoms with E-state index >= 15 is 0 Å². The Kier molecular flexibility index (Phi) is 6.76. The maximum atomic E-state index is 11.7. The molecule has 0 rings (SSSR count). The van der Waals surface area contributed by atoms with Gasteiger partial charge in [0.25, 0.3) is 0 Å². The van der Waals surface area contributed by atoms with Crippen molar-refractivity contribution in [3.8, 4) is 0 Å². The van der Waals surface area contributed by atoms with Crippen molar-refractivity contribution in [2.24, 2.45) is 0 Å². The summed E-state index contributed by atoms with van der Waals surface area (Å²) in [5.74, 6) is -0.370. The molecule has 0 bridgehead atoms. The number of carbonyl (C=O) groups excluding carboxylic acids is 2. The molecule has 0 heterocycles. The predicted octanol–water partition coefficient (Wildman–Crippen LogP) is 1.10. The molecule has 0 aliphatic carbocycles. The molecule has 0 unspecified atom stereocenters. The van der Waals surface area contributed by atoms with Crippen LogP contribution >= 0.6 is 0 Å². The monoisotopic (exact) mass is 271 g/mol. The molecule has 0 aliphatic heterocycles. The van der Waals surface area contributed by atoms with Crippen molar-refractivity contribution in [1.29, 1.82) is 0 Å². The average Bonchev–Trinajstić information content (AvgIpc) is 2.20. The van der Waals surface area contributed by atoms with E-state index < -0.39 is 5.60 Å². The Morgan fingerprint density at radius 2 is 1.89 bits per heavy atom. The maximum Gasteiger partial charge on any atom is 0.362 e. The SMILES string of the molecule is C=CC(=O)NCCC[N+](C)(C)CC(=O)OC(C)(C)C. The maximum absolute atomic E-state index is 11.7. The van der Waals surface area contributed by atoms with Crippen molar-refractivity contribution in [2.45, 2.75) is 32.8 Å². The van der Waals surface area contributed by atoms with Gasteiger partial charge in [-0.1, -0.05) is 6.58 Å². The number of ether oxygens (including phenoxy) is 1. The highest BCUT2D eigenvalue weighted by atomic mass is 16.6. The van der Waals surface area contributed by atoms with Crippen LogP contribution in [0.3, 0.4) is 0 Å². The summed E-state index contributed by atoms with van der Waals surface area (Å²) in [7, 11) is 3.94. The highest BCUT2D eigenvalue weighted by molar-refractivity contribution is 5.86.